The zero-order valence-corrected chi connectivity index (χ0v) is 17.1. The maximum atomic E-state index is 12.2. The van der Waals surface area contributed by atoms with Crippen LogP contribution < -0.4 is 10.3 Å². The number of rotatable bonds is 5. The van der Waals surface area contributed by atoms with E-state index in [4.69, 9.17) is 9.72 Å². The van der Waals surface area contributed by atoms with Gasteiger partial charge in [-0.05, 0) is 61.7 Å². The van der Waals surface area contributed by atoms with Crippen LogP contribution in [0.3, 0.4) is 0 Å². The Morgan fingerprint density at radius 3 is 2.83 bits per heavy atom. The van der Waals surface area contributed by atoms with Crippen LogP contribution in [0.4, 0.5) is 0 Å². The first-order chi connectivity index (χ1) is 14.0. The van der Waals surface area contributed by atoms with Crippen molar-refractivity contribution in [1.82, 2.24) is 19.9 Å². The third kappa shape index (κ3) is 4.22. The van der Waals surface area contributed by atoms with E-state index < -0.39 is 0 Å². The molecular weight excluding hydrogens is 364 g/mol. The summed E-state index contributed by atoms with van der Waals surface area (Å²) in [5, 5.41) is 0. The molecule has 0 spiro atoms. The average Bonchev–Trinajstić information content (AvgIpc) is 3.19. The number of aromatic nitrogens is 3. The van der Waals surface area contributed by atoms with E-state index in [0.717, 1.165) is 43.1 Å². The number of aryl methyl sites for hydroxylation is 2. The molecule has 6 heteroatoms. The molecule has 1 N–H and O–H groups in total. The summed E-state index contributed by atoms with van der Waals surface area (Å²) in [5.74, 6) is 1.72. The van der Waals surface area contributed by atoms with Crippen molar-refractivity contribution in [3.05, 3.63) is 75.3 Å². The summed E-state index contributed by atoms with van der Waals surface area (Å²) in [6.45, 7) is 6.98. The molecule has 1 aliphatic rings. The zero-order valence-electron chi connectivity index (χ0n) is 17.1. The fourth-order valence-electron chi connectivity index (χ4n) is 4.01. The van der Waals surface area contributed by atoms with Crippen LogP contribution in [0, 0.1) is 13.8 Å². The smallest absolute Gasteiger partial charge is 0.251 e. The van der Waals surface area contributed by atoms with Gasteiger partial charge in [0, 0.05) is 31.3 Å². The number of nitrogens with zero attached hydrogens (tertiary/aromatic N) is 3. The van der Waals surface area contributed by atoms with Crippen molar-refractivity contribution in [2.45, 2.75) is 32.7 Å². The van der Waals surface area contributed by atoms with Crippen LogP contribution in [0.5, 0.6) is 5.75 Å². The average molecular weight is 390 g/mol. The summed E-state index contributed by atoms with van der Waals surface area (Å²) in [7, 11) is 1.71. The lowest BCUT2D eigenvalue weighted by molar-refractivity contribution is 0.325. The number of H-pyrrole nitrogens is 1. The Labute approximate surface area is 170 Å². The van der Waals surface area contributed by atoms with E-state index in [9.17, 15) is 4.79 Å². The lowest BCUT2D eigenvalue weighted by Crippen LogP contribution is -2.21. The van der Waals surface area contributed by atoms with Gasteiger partial charge in [0.1, 0.15) is 11.4 Å². The molecule has 1 aromatic carbocycles. The van der Waals surface area contributed by atoms with Gasteiger partial charge in [0.05, 0.1) is 12.8 Å². The first-order valence-corrected chi connectivity index (χ1v) is 9.92. The molecule has 1 saturated heterocycles. The number of aromatic amines is 1. The molecule has 0 aliphatic carbocycles. The summed E-state index contributed by atoms with van der Waals surface area (Å²) in [6.07, 6.45) is 2.70. The molecule has 0 bridgehead atoms. The molecule has 4 rings (SSSR count). The molecule has 29 heavy (non-hydrogen) atoms. The molecule has 3 heterocycles. The Morgan fingerprint density at radius 2 is 2.07 bits per heavy atom. The molecule has 1 unspecified atom stereocenters. The molecule has 1 atom stereocenters. The van der Waals surface area contributed by atoms with Crippen LogP contribution in [0.15, 0.2) is 47.4 Å². The van der Waals surface area contributed by atoms with Crippen LogP contribution >= 0.6 is 0 Å². The molecule has 0 saturated carbocycles. The second-order valence-electron chi connectivity index (χ2n) is 7.70. The molecule has 1 fully saturated rings. The van der Waals surface area contributed by atoms with E-state index in [-0.39, 0.29) is 11.5 Å². The number of benzene rings is 1. The van der Waals surface area contributed by atoms with Crippen molar-refractivity contribution in [2.75, 3.05) is 20.2 Å². The lowest BCUT2D eigenvalue weighted by atomic mass is 10.0. The molecule has 2 aromatic heterocycles. The van der Waals surface area contributed by atoms with Gasteiger partial charge in [-0.2, -0.15) is 0 Å². The second-order valence-corrected chi connectivity index (χ2v) is 7.70. The van der Waals surface area contributed by atoms with Gasteiger partial charge in [-0.3, -0.25) is 14.7 Å². The summed E-state index contributed by atoms with van der Waals surface area (Å²) >= 11 is 0. The van der Waals surface area contributed by atoms with E-state index in [1.165, 1.54) is 11.1 Å². The standard InChI is InChI=1S/C23H26N4O2/c1-15-11-21(29-3)16(2)10-18(15)14-27-9-7-17(13-27)20-12-22(28)26-23(25-20)19-6-4-5-8-24-19/h4-6,8,10-12,17H,7,9,13-14H2,1-3H3,(H,25,26,28). The van der Waals surface area contributed by atoms with Gasteiger partial charge in [0.2, 0.25) is 0 Å². The van der Waals surface area contributed by atoms with E-state index >= 15 is 0 Å². The van der Waals surface area contributed by atoms with Gasteiger partial charge in [-0.15, -0.1) is 0 Å². The molecule has 0 radical (unpaired) electrons. The predicted octanol–water partition coefficient (Wildman–Crippen LogP) is 3.45. The molecule has 6 nitrogen and oxygen atoms in total. The third-order valence-electron chi connectivity index (χ3n) is 5.61. The summed E-state index contributed by atoms with van der Waals surface area (Å²) in [5.41, 5.74) is 5.11. The van der Waals surface area contributed by atoms with Gasteiger partial charge in [-0.1, -0.05) is 12.1 Å². The van der Waals surface area contributed by atoms with E-state index in [1.807, 2.05) is 18.2 Å². The molecule has 0 amide bonds. The van der Waals surface area contributed by atoms with Gasteiger partial charge in [-0.25, -0.2) is 4.98 Å². The number of ether oxygens (including phenoxy) is 1. The highest BCUT2D eigenvalue weighted by atomic mass is 16.5. The maximum Gasteiger partial charge on any atom is 0.251 e. The number of nitrogens with one attached hydrogen (secondary N) is 1. The van der Waals surface area contributed by atoms with Gasteiger partial charge < -0.3 is 9.72 Å². The van der Waals surface area contributed by atoms with E-state index in [1.54, 1.807) is 19.4 Å². The largest absolute Gasteiger partial charge is 0.496 e. The lowest BCUT2D eigenvalue weighted by Gasteiger charge is -2.19. The first kappa shape index (κ1) is 19.3. The molecule has 150 valence electrons. The van der Waals surface area contributed by atoms with Crippen LogP contribution in [-0.2, 0) is 6.54 Å². The Hall–Kier alpha value is -2.99. The highest BCUT2D eigenvalue weighted by Crippen LogP contribution is 2.29. The minimum absolute atomic E-state index is 0.129. The number of hydrogen-bond acceptors (Lipinski definition) is 5. The van der Waals surface area contributed by atoms with E-state index in [2.05, 4.69) is 40.8 Å². The van der Waals surface area contributed by atoms with E-state index in [0.29, 0.717) is 11.5 Å². The number of hydrogen-bond donors (Lipinski definition) is 1. The van der Waals surface area contributed by atoms with Crippen LogP contribution in [0.2, 0.25) is 0 Å². The zero-order chi connectivity index (χ0) is 20.4. The van der Waals surface area contributed by atoms with Crippen molar-refractivity contribution in [2.24, 2.45) is 0 Å². The Morgan fingerprint density at radius 1 is 1.21 bits per heavy atom. The summed E-state index contributed by atoms with van der Waals surface area (Å²) < 4.78 is 5.43. The minimum atomic E-state index is -0.129. The monoisotopic (exact) mass is 390 g/mol. The second kappa shape index (κ2) is 8.17. The fraction of sp³-hybridized carbons (Fsp3) is 0.348. The molecular formula is C23H26N4O2. The number of pyridine rings is 1. The normalized spacial score (nSPS) is 16.9. The van der Waals surface area contributed by atoms with Gasteiger partial charge in [0.15, 0.2) is 5.82 Å². The summed E-state index contributed by atoms with van der Waals surface area (Å²) in [6, 6.07) is 11.6. The minimum Gasteiger partial charge on any atom is -0.496 e. The maximum absolute atomic E-state index is 12.2. The van der Waals surface area contributed by atoms with Crippen molar-refractivity contribution >= 4 is 0 Å². The molecule has 3 aromatic rings. The third-order valence-corrected chi connectivity index (χ3v) is 5.61. The Balaban J connectivity index is 1.51. The Kier molecular flexibility index (Phi) is 5.45. The quantitative estimate of drug-likeness (QED) is 0.723. The van der Waals surface area contributed by atoms with Crippen molar-refractivity contribution in [1.29, 1.82) is 0 Å². The summed E-state index contributed by atoms with van der Waals surface area (Å²) in [4.78, 5) is 26.5. The van der Waals surface area contributed by atoms with Crippen molar-refractivity contribution in [3.63, 3.8) is 0 Å². The van der Waals surface area contributed by atoms with Gasteiger partial charge >= 0.3 is 0 Å². The SMILES string of the molecule is COc1cc(C)c(CN2CCC(c3cc(=O)[nH]c(-c4ccccn4)n3)C2)cc1C. The van der Waals surface area contributed by atoms with Crippen molar-refractivity contribution in [3.8, 4) is 17.3 Å². The van der Waals surface area contributed by atoms with Crippen LogP contribution in [0.1, 0.15) is 34.7 Å². The molecule has 1 aliphatic heterocycles. The fourth-order valence-corrected chi connectivity index (χ4v) is 4.01. The van der Waals surface area contributed by atoms with Gasteiger partial charge in [0.25, 0.3) is 5.56 Å². The first-order valence-electron chi connectivity index (χ1n) is 9.92. The van der Waals surface area contributed by atoms with Crippen molar-refractivity contribution < 1.29 is 4.74 Å². The van der Waals surface area contributed by atoms with Crippen LogP contribution in [0.25, 0.3) is 11.5 Å². The topological polar surface area (TPSA) is 71.1 Å². The van der Waals surface area contributed by atoms with Crippen LogP contribution in [-0.4, -0.2) is 40.1 Å². The predicted molar refractivity (Wildman–Crippen MR) is 113 cm³/mol. The highest BCUT2D eigenvalue weighted by molar-refractivity contribution is 5.48. The number of likely N-dealkylation sites (tertiary alicyclic amines) is 1. The Bertz CT molecular complexity index is 1060. The number of methoxy groups -OCH3 is 1. The highest BCUT2D eigenvalue weighted by Gasteiger charge is 2.26.